The SMILES string of the molecule is CCCN(CC)CCCc1ccc(OC)cc1. The minimum Gasteiger partial charge on any atom is -0.497 e. The van der Waals surface area contributed by atoms with E-state index in [1.54, 1.807) is 7.11 Å². The highest BCUT2D eigenvalue weighted by Gasteiger charge is 2.01. The van der Waals surface area contributed by atoms with Crippen molar-refractivity contribution in [2.75, 3.05) is 26.7 Å². The first-order valence-corrected chi connectivity index (χ1v) is 6.65. The molecule has 1 aromatic rings. The lowest BCUT2D eigenvalue weighted by molar-refractivity contribution is 0.285. The third kappa shape index (κ3) is 5.22. The summed E-state index contributed by atoms with van der Waals surface area (Å²) in [4.78, 5) is 2.52. The van der Waals surface area contributed by atoms with Crippen molar-refractivity contribution in [1.82, 2.24) is 4.90 Å². The van der Waals surface area contributed by atoms with E-state index in [0.717, 1.165) is 18.7 Å². The van der Waals surface area contributed by atoms with Crippen LogP contribution in [0.15, 0.2) is 24.3 Å². The van der Waals surface area contributed by atoms with Gasteiger partial charge >= 0.3 is 0 Å². The van der Waals surface area contributed by atoms with E-state index in [2.05, 4.69) is 30.9 Å². The fourth-order valence-corrected chi connectivity index (χ4v) is 2.04. The monoisotopic (exact) mass is 235 g/mol. The predicted octanol–water partition coefficient (Wildman–Crippen LogP) is 3.36. The first-order valence-electron chi connectivity index (χ1n) is 6.65. The Kier molecular flexibility index (Phi) is 6.71. The Labute approximate surface area is 106 Å². The standard InChI is InChI=1S/C15H25NO/c1-4-12-16(5-2)13-6-7-14-8-10-15(17-3)11-9-14/h8-11H,4-7,12-13H2,1-3H3. The van der Waals surface area contributed by atoms with Crippen molar-refractivity contribution >= 4 is 0 Å². The average Bonchev–Trinajstić information content (AvgIpc) is 2.38. The molecule has 17 heavy (non-hydrogen) atoms. The first kappa shape index (κ1) is 14.0. The van der Waals surface area contributed by atoms with Crippen molar-refractivity contribution in [2.24, 2.45) is 0 Å². The first-order chi connectivity index (χ1) is 8.30. The van der Waals surface area contributed by atoms with Crippen LogP contribution in [0.25, 0.3) is 0 Å². The quantitative estimate of drug-likeness (QED) is 0.685. The van der Waals surface area contributed by atoms with Gasteiger partial charge in [-0.25, -0.2) is 0 Å². The smallest absolute Gasteiger partial charge is 0.118 e. The summed E-state index contributed by atoms with van der Waals surface area (Å²) in [6.07, 6.45) is 3.64. The molecule has 1 rings (SSSR count). The second kappa shape index (κ2) is 8.13. The van der Waals surface area contributed by atoms with Gasteiger partial charge in [-0.3, -0.25) is 0 Å². The van der Waals surface area contributed by atoms with Crippen LogP contribution in [-0.2, 0) is 6.42 Å². The molecule has 0 saturated carbocycles. The Balaban J connectivity index is 2.29. The Morgan fingerprint density at radius 1 is 1.06 bits per heavy atom. The molecule has 0 N–H and O–H groups in total. The molecule has 96 valence electrons. The number of hydrogen-bond acceptors (Lipinski definition) is 2. The molecular weight excluding hydrogens is 210 g/mol. The van der Waals surface area contributed by atoms with E-state index in [0.29, 0.717) is 0 Å². The molecule has 2 heteroatoms. The van der Waals surface area contributed by atoms with Crippen LogP contribution in [-0.4, -0.2) is 31.6 Å². The highest BCUT2D eigenvalue weighted by Crippen LogP contribution is 2.12. The van der Waals surface area contributed by atoms with Crippen LogP contribution in [0, 0.1) is 0 Å². The second-order valence-electron chi connectivity index (χ2n) is 4.39. The third-order valence-electron chi connectivity index (χ3n) is 3.09. The van der Waals surface area contributed by atoms with Gasteiger partial charge in [0.2, 0.25) is 0 Å². The molecule has 0 aliphatic heterocycles. The van der Waals surface area contributed by atoms with E-state index >= 15 is 0 Å². The van der Waals surface area contributed by atoms with Gasteiger partial charge in [0.05, 0.1) is 7.11 Å². The number of hydrogen-bond donors (Lipinski definition) is 0. The highest BCUT2D eigenvalue weighted by atomic mass is 16.5. The number of ether oxygens (including phenoxy) is 1. The predicted molar refractivity (Wildman–Crippen MR) is 73.7 cm³/mol. The normalized spacial score (nSPS) is 10.8. The van der Waals surface area contributed by atoms with E-state index in [9.17, 15) is 0 Å². The molecule has 0 aliphatic carbocycles. The molecule has 0 saturated heterocycles. The molecule has 2 nitrogen and oxygen atoms in total. The molecule has 0 atom stereocenters. The average molecular weight is 235 g/mol. The number of benzene rings is 1. The Morgan fingerprint density at radius 3 is 2.29 bits per heavy atom. The van der Waals surface area contributed by atoms with Crippen molar-refractivity contribution in [2.45, 2.75) is 33.1 Å². The fourth-order valence-electron chi connectivity index (χ4n) is 2.04. The lowest BCUT2D eigenvalue weighted by atomic mass is 10.1. The van der Waals surface area contributed by atoms with E-state index in [-0.39, 0.29) is 0 Å². The molecule has 0 radical (unpaired) electrons. The van der Waals surface area contributed by atoms with Crippen LogP contribution in [0.2, 0.25) is 0 Å². The summed E-state index contributed by atoms with van der Waals surface area (Å²) in [6, 6.07) is 8.40. The third-order valence-corrected chi connectivity index (χ3v) is 3.09. The van der Waals surface area contributed by atoms with Gasteiger partial charge in [-0.1, -0.05) is 26.0 Å². The largest absolute Gasteiger partial charge is 0.497 e. The van der Waals surface area contributed by atoms with Crippen LogP contribution in [0.4, 0.5) is 0 Å². The Bertz CT molecular complexity index is 294. The summed E-state index contributed by atoms with van der Waals surface area (Å²) >= 11 is 0. The molecule has 0 unspecified atom stereocenters. The molecule has 0 fully saturated rings. The second-order valence-corrected chi connectivity index (χ2v) is 4.39. The van der Waals surface area contributed by atoms with Gasteiger partial charge in [0.15, 0.2) is 0 Å². The molecule has 0 aromatic heterocycles. The number of aryl methyl sites for hydroxylation is 1. The Hall–Kier alpha value is -1.02. The van der Waals surface area contributed by atoms with Gasteiger partial charge in [-0.2, -0.15) is 0 Å². The maximum atomic E-state index is 5.15. The van der Waals surface area contributed by atoms with Crippen molar-refractivity contribution in [1.29, 1.82) is 0 Å². The fraction of sp³-hybridized carbons (Fsp3) is 0.600. The zero-order chi connectivity index (χ0) is 12.5. The van der Waals surface area contributed by atoms with Crippen LogP contribution in [0.1, 0.15) is 32.3 Å². The molecule has 1 aromatic carbocycles. The zero-order valence-electron chi connectivity index (χ0n) is 11.4. The summed E-state index contributed by atoms with van der Waals surface area (Å²) in [7, 11) is 1.71. The van der Waals surface area contributed by atoms with Gasteiger partial charge in [0.25, 0.3) is 0 Å². The summed E-state index contributed by atoms with van der Waals surface area (Å²) < 4.78 is 5.15. The van der Waals surface area contributed by atoms with Crippen molar-refractivity contribution in [3.8, 4) is 5.75 Å². The molecular formula is C15H25NO. The van der Waals surface area contributed by atoms with Crippen LogP contribution < -0.4 is 4.74 Å². The lowest BCUT2D eigenvalue weighted by Gasteiger charge is -2.19. The van der Waals surface area contributed by atoms with Gasteiger partial charge in [-0.05, 0) is 56.6 Å². The molecule has 0 bridgehead atoms. The highest BCUT2D eigenvalue weighted by molar-refractivity contribution is 5.27. The van der Waals surface area contributed by atoms with E-state index in [1.165, 1.54) is 31.5 Å². The maximum Gasteiger partial charge on any atom is 0.118 e. The van der Waals surface area contributed by atoms with E-state index in [4.69, 9.17) is 4.74 Å². The lowest BCUT2D eigenvalue weighted by Crippen LogP contribution is -2.25. The van der Waals surface area contributed by atoms with Gasteiger partial charge in [-0.15, -0.1) is 0 Å². The summed E-state index contributed by atoms with van der Waals surface area (Å²) in [5, 5.41) is 0. The molecule has 0 heterocycles. The van der Waals surface area contributed by atoms with Crippen LogP contribution >= 0.6 is 0 Å². The van der Waals surface area contributed by atoms with Gasteiger partial charge in [0, 0.05) is 0 Å². The number of nitrogens with zero attached hydrogens (tertiary/aromatic N) is 1. The Morgan fingerprint density at radius 2 is 1.76 bits per heavy atom. The topological polar surface area (TPSA) is 12.5 Å². The van der Waals surface area contributed by atoms with Gasteiger partial charge < -0.3 is 9.64 Å². The minimum atomic E-state index is 0.940. The minimum absolute atomic E-state index is 0.940. The summed E-state index contributed by atoms with van der Waals surface area (Å²) in [5.41, 5.74) is 1.40. The number of rotatable bonds is 8. The van der Waals surface area contributed by atoms with Crippen molar-refractivity contribution in [3.05, 3.63) is 29.8 Å². The zero-order valence-corrected chi connectivity index (χ0v) is 11.4. The summed E-state index contributed by atoms with van der Waals surface area (Å²) in [5.74, 6) is 0.940. The van der Waals surface area contributed by atoms with Gasteiger partial charge in [0.1, 0.15) is 5.75 Å². The van der Waals surface area contributed by atoms with Crippen molar-refractivity contribution < 1.29 is 4.74 Å². The maximum absolute atomic E-state index is 5.15. The van der Waals surface area contributed by atoms with Crippen LogP contribution in [0.5, 0.6) is 5.75 Å². The summed E-state index contributed by atoms with van der Waals surface area (Å²) in [6.45, 7) is 8.07. The van der Waals surface area contributed by atoms with Crippen molar-refractivity contribution in [3.63, 3.8) is 0 Å². The van der Waals surface area contributed by atoms with E-state index < -0.39 is 0 Å². The molecule has 0 spiro atoms. The van der Waals surface area contributed by atoms with Crippen LogP contribution in [0.3, 0.4) is 0 Å². The number of methoxy groups -OCH3 is 1. The molecule has 0 amide bonds. The molecule has 0 aliphatic rings. The van der Waals surface area contributed by atoms with E-state index in [1.807, 2.05) is 12.1 Å².